The maximum absolute atomic E-state index is 12.1. The quantitative estimate of drug-likeness (QED) is 0.685. The first-order chi connectivity index (χ1) is 12.1. The van der Waals surface area contributed by atoms with Crippen LogP contribution in [0.4, 0.5) is 5.82 Å². The molecular formula is C19H25N3O3. The van der Waals surface area contributed by atoms with Crippen LogP contribution in [-0.4, -0.2) is 37.7 Å². The van der Waals surface area contributed by atoms with Crippen LogP contribution in [0.25, 0.3) is 0 Å². The lowest BCUT2D eigenvalue weighted by Crippen LogP contribution is -2.27. The number of carbonyl (C=O) groups is 1. The Morgan fingerprint density at radius 3 is 2.56 bits per heavy atom. The smallest absolute Gasteiger partial charge is 0.251 e. The van der Waals surface area contributed by atoms with Gasteiger partial charge >= 0.3 is 0 Å². The minimum Gasteiger partial charge on any atom is -0.497 e. The predicted octanol–water partition coefficient (Wildman–Crippen LogP) is 2.97. The molecule has 0 saturated carbocycles. The van der Waals surface area contributed by atoms with Crippen molar-refractivity contribution in [3.05, 3.63) is 48.2 Å². The van der Waals surface area contributed by atoms with E-state index in [4.69, 9.17) is 9.47 Å². The van der Waals surface area contributed by atoms with Gasteiger partial charge in [0.2, 0.25) is 0 Å². The van der Waals surface area contributed by atoms with Crippen LogP contribution < -0.4 is 20.1 Å². The molecule has 0 radical (unpaired) electrons. The van der Waals surface area contributed by atoms with E-state index in [-0.39, 0.29) is 5.91 Å². The topological polar surface area (TPSA) is 72.5 Å². The Morgan fingerprint density at radius 2 is 1.88 bits per heavy atom. The fourth-order valence-electron chi connectivity index (χ4n) is 2.09. The van der Waals surface area contributed by atoms with Gasteiger partial charge < -0.3 is 20.1 Å². The van der Waals surface area contributed by atoms with Crippen LogP contribution in [0.2, 0.25) is 0 Å². The number of hydrogen-bond donors (Lipinski definition) is 2. The van der Waals surface area contributed by atoms with Gasteiger partial charge in [-0.15, -0.1) is 0 Å². The summed E-state index contributed by atoms with van der Waals surface area (Å²) in [5.74, 6) is 2.54. The fraction of sp³-hybridized carbons (Fsp3) is 0.368. The summed E-state index contributed by atoms with van der Waals surface area (Å²) in [6.07, 6.45) is 1.62. The molecule has 0 aliphatic rings. The standard InChI is InChI=1S/C19H25N3O3/c1-14(2)13-22-19(23)15-8-9-20-18(12-15)21-10-11-25-17-6-4-16(24-3)5-7-17/h4-9,12,14H,10-11,13H2,1-3H3,(H,20,21)(H,22,23). The van der Waals surface area contributed by atoms with Crippen LogP contribution in [0.3, 0.4) is 0 Å². The zero-order chi connectivity index (χ0) is 18.1. The van der Waals surface area contributed by atoms with Gasteiger partial charge in [0, 0.05) is 18.3 Å². The number of methoxy groups -OCH3 is 1. The highest BCUT2D eigenvalue weighted by atomic mass is 16.5. The van der Waals surface area contributed by atoms with E-state index in [1.807, 2.05) is 24.3 Å². The number of hydrogen-bond acceptors (Lipinski definition) is 5. The molecule has 25 heavy (non-hydrogen) atoms. The Hall–Kier alpha value is -2.76. The first kappa shape index (κ1) is 18.6. The third kappa shape index (κ3) is 6.33. The van der Waals surface area contributed by atoms with Crippen molar-refractivity contribution < 1.29 is 14.3 Å². The van der Waals surface area contributed by atoms with Gasteiger partial charge in [-0.2, -0.15) is 0 Å². The lowest BCUT2D eigenvalue weighted by Gasteiger charge is -2.10. The minimum atomic E-state index is -0.0892. The summed E-state index contributed by atoms with van der Waals surface area (Å²) >= 11 is 0. The van der Waals surface area contributed by atoms with E-state index < -0.39 is 0 Å². The number of benzene rings is 1. The molecule has 2 aromatic rings. The van der Waals surface area contributed by atoms with Crippen molar-refractivity contribution in [3.63, 3.8) is 0 Å². The predicted molar refractivity (Wildman–Crippen MR) is 98.4 cm³/mol. The molecule has 1 aromatic carbocycles. The highest BCUT2D eigenvalue weighted by Gasteiger charge is 2.07. The molecule has 0 spiro atoms. The van der Waals surface area contributed by atoms with Crippen molar-refractivity contribution in [3.8, 4) is 11.5 Å². The molecule has 0 fully saturated rings. The van der Waals surface area contributed by atoms with Crippen LogP contribution in [0, 0.1) is 5.92 Å². The van der Waals surface area contributed by atoms with E-state index in [9.17, 15) is 4.79 Å². The number of amides is 1. The molecule has 0 atom stereocenters. The molecule has 1 aromatic heterocycles. The normalized spacial score (nSPS) is 10.4. The summed E-state index contributed by atoms with van der Waals surface area (Å²) in [6, 6.07) is 10.9. The van der Waals surface area contributed by atoms with Gasteiger partial charge in [-0.05, 0) is 42.3 Å². The Balaban J connectivity index is 1.78. The highest BCUT2D eigenvalue weighted by Crippen LogP contribution is 2.16. The molecule has 2 rings (SSSR count). The molecule has 0 aliphatic heterocycles. The van der Waals surface area contributed by atoms with E-state index >= 15 is 0 Å². The van der Waals surface area contributed by atoms with Crippen LogP contribution in [0.5, 0.6) is 11.5 Å². The Kier molecular flexibility index (Phi) is 7.07. The average molecular weight is 343 g/mol. The van der Waals surface area contributed by atoms with E-state index in [0.717, 1.165) is 11.5 Å². The first-order valence-corrected chi connectivity index (χ1v) is 8.33. The number of carbonyl (C=O) groups excluding carboxylic acids is 1. The molecule has 134 valence electrons. The van der Waals surface area contributed by atoms with Gasteiger partial charge in [0.1, 0.15) is 23.9 Å². The number of rotatable bonds is 9. The molecule has 1 heterocycles. The Bertz CT molecular complexity index is 672. The highest BCUT2D eigenvalue weighted by molar-refractivity contribution is 5.94. The Labute approximate surface area is 148 Å². The van der Waals surface area contributed by atoms with Gasteiger partial charge in [0.05, 0.1) is 13.7 Å². The molecule has 1 amide bonds. The zero-order valence-electron chi connectivity index (χ0n) is 14.9. The third-order valence-corrected chi connectivity index (χ3v) is 3.43. The summed E-state index contributed by atoms with van der Waals surface area (Å²) < 4.78 is 10.7. The first-order valence-electron chi connectivity index (χ1n) is 8.33. The van der Waals surface area contributed by atoms with Crippen molar-refractivity contribution in [1.29, 1.82) is 0 Å². The Morgan fingerprint density at radius 1 is 1.16 bits per heavy atom. The number of ether oxygens (including phenoxy) is 2. The lowest BCUT2D eigenvalue weighted by molar-refractivity contribution is 0.0949. The van der Waals surface area contributed by atoms with Gasteiger partial charge in [-0.25, -0.2) is 4.98 Å². The molecule has 0 aliphatic carbocycles. The number of pyridine rings is 1. The lowest BCUT2D eigenvalue weighted by atomic mass is 10.2. The van der Waals surface area contributed by atoms with Gasteiger partial charge in [0.25, 0.3) is 5.91 Å². The van der Waals surface area contributed by atoms with Crippen LogP contribution in [0.15, 0.2) is 42.6 Å². The van der Waals surface area contributed by atoms with Crippen LogP contribution >= 0.6 is 0 Å². The summed E-state index contributed by atoms with van der Waals surface area (Å²) in [5, 5.41) is 6.05. The van der Waals surface area contributed by atoms with Gasteiger partial charge in [-0.1, -0.05) is 13.8 Å². The largest absolute Gasteiger partial charge is 0.497 e. The van der Waals surface area contributed by atoms with Gasteiger partial charge in [-0.3, -0.25) is 4.79 Å². The molecule has 6 heteroatoms. The SMILES string of the molecule is COc1ccc(OCCNc2cc(C(=O)NCC(C)C)ccn2)cc1. The third-order valence-electron chi connectivity index (χ3n) is 3.43. The number of aromatic nitrogens is 1. The monoisotopic (exact) mass is 343 g/mol. The molecule has 2 N–H and O–H groups in total. The van der Waals surface area contributed by atoms with E-state index in [1.54, 1.807) is 25.4 Å². The second-order valence-electron chi connectivity index (χ2n) is 5.98. The minimum absolute atomic E-state index is 0.0892. The van der Waals surface area contributed by atoms with E-state index in [0.29, 0.717) is 37.0 Å². The van der Waals surface area contributed by atoms with Crippen LogP contribution in [-0.2, 0) is 0 Å². The van der Waals surface area contributed by atoms with Crippen molar-refractivity contribution in [2.24, 2.45) is 5.92 Å². The zero-order valence-corrected chi connectivity index (χ0v) is 14.9. The number of nitrogens with one attached hydrogen (secondary N) is 2. The van der Waals surface area contributed by atoms with Crippen LogP contribution in [0.1, 0.15) is 24.2 Å². The summed E-state index contributed by atoms with van der Waals surface area (Å²) in [7, 11) is 1.63. The maximum Gasteiger partial charge on any atom is 0.251 e. The molecule has 0 saturated heterocycles. The van der Waals surface area contributed by atoms with E-state index in [1.165, 1.54) is 0 Å². The van der Waals surface area contributed by atoms with Crippen molar-refractivity contribution in [2.45, 2.75) is 13.8 Å². The molecule has 0 unspecified atom stereocenters. The molecule has 0 bridgehead atoms. The average Bonchev–Trinajstić information content (AvgIpc) is 2.64. The second-order valence-corrected chi connectivity index (χ2v) is 5.98. The van der Waals surface area contributed by atoms with E-state index in [2.05, 4.69) is 29.5 Å². The van der Waals surface area contributed by atoms with Crippen molar-refractivity contribution in [1.82, 2.24) is 10.3 Å². The summed E-state index contributed by atoms with van der Waals surface area (Å²) in [4.78, 5) is 16.3. The van der Waals surface area contributed by atoms with Gasteiger partial charge in [0.15, 0.2) is 0 Å². The molecule has 6 nitrogen and oxygen atoms in total. The maximum atomic E-state index is 12.1. The second kappa shape index (κ2) is 9.52. The van der Waals surface area contributed by atoms with Crippen molar-refractivity contribution >= 4 is 11.7 Å². The number of nitrogens with zero attached hydrogens (tertiary/aromatic N) is 1. The number of anilines is 1. The van der Waals surface area contributed by atoms with Crippen molar-refractivity contribution in [2.75, 3.05) is 32.1 Å². The molecular weight excluding hydrogens is 318 g/mol. The summed E-state index contributed by atoms with van der Waals surface area (Å²) in [6.45, 7) is 5.83. The fourth-order valence-corrected chi connectivity index (χ4v) is 2.09. The summed E-state index contributed by atoms with van der Waals surface area (Å²) in [5.41, 5.74) is 0.592.